The van der Waals surface area contributed by atoms with Crippen molar-refractivity contribution in [2.45, 2.75) is 62.9 Å². The summed E-state index contributed by atoms with van der Waals surface area (Å²) in [4.78, 5) is 0.506. The first kappa shape index (κ1) is 15.5. The van der Waals surface area contributed by atoms with E-state index in [0.717, 1.165) is 31.2 Å². The molecule has 1 aromatic carbocycles. The van der Waals surface area contributed by atoms with Crippen LogP contribution in [0.25, 0.3) is 0 Å². The molecular formula is C16H25NO2S. The average Bonchev–Trinajstić information content (AvgIpc) is 2.52. The van der Waals surface area contributed by atoms with Crippen LogP contribution in [-0.2, 0) is 9.84 Å². The number of rotatable bonds is 4. The highest BCUT2D eigenvalue weighted by Crippen LogP contribution is 2.34. The predicted molar refractivity (Wildman–Crippen MR) is 82.6 cm³/mol. The van der Waals surface area contributed by atoms with Crippen molar-refractivity contribution in [2.24, 2.45) is 0 Å². The lowest BCUT2D eigenvalue weighted by molar-refractivity contribution is 0.287. The van der Waals surface area contributed by atoms with Crippen LogP contribution in [-0.4, -0.2) is 19.7 Å². The van der Waals surface area contributed by atoms with Gasteiger partial charge in [-0.25, -0.2) is 8.42 Å². The van der Waals surface area contributed by atoms with Crippen molar-refractivity contribution in [1.82, 2.24) is 5.32 Å². The smallest absolute Gasteiger partial charge is 0.180 e. The summed E-state index contributed by atoms with van der Waals surface area (Å²) in [5.41, 5.74) is 0.604. The number of sulfone groups is 1. The zero-order valence-corrected chi connectivity index (χ0v) is 13.5. The van der Waals surface area contributed by atoms with Gasteiger partial charge in [0.25, 0.3) is 0 Å². The summed E-state index contributed by atoms with van der Waals surface area (Å²) in [6, 6.07) is 7.47. The topological polar surface area (TPSA) is 46.2 Å². The second kappa shape index (κ2) is 5.86. The molecule has 4 heteroatoms. The molecule has 2 rings (SSSR count). The lowest BCUT2D eigenvalue weighted by Crippen LogP contribution is -2.49. The van der Waals surface area contributed by atoms with E-state index in [1.807, 2.05) is 18.2 Å². The lowest BCUT2D eigenvalue weighted by atomic mass is 9.90. The van der Waals surface area contributed by atoms with Crippen molar-refractivity contribution < 1.29 is 8.42 Å². The molecule has 1 aliphatic heterocycles. The molecule has 0 fully saturated rings. The summed E-state index contributed by atoms with van der Waals surface area (Å²) in [6.07, 6.45) is 3.90. The summed E-state index contributed by atoms with van der Waals surface area (Å²) in [6.45, 7) is 6.30. The molecule has 112 valence electrons. The molecule has 0 aliphatic carbocycles. The molecule has 20 heavy (non-hydrogen) atoms. The van der Waals surface area contributed by atoms with Crippen LogP contribution in [0.3, 0.4) is 0 Å². The minimum Gasteiger partial charge on any atom is -0.304 e. The van der Waals surface area contributed by atoms with E-state index >= 15 is 0 Å². The van der Waals surface area contributed by atoms with Gasteiger partial charge in [0.05, 0.1) is 10.6 Å². The van der Waals surface area contributed by atoms with Crippen molar-refractivity contribution in [3.05, 3.63) is 29.8 Å². The quantitative estimate of drug-likeness (QED) is 0.925. The van der Waals surface area contributed by atoms with Gasteiger partial charge in [-0.2, -0.15) is 0 Å². The molecule has 1 heterocycles. The first-order valence-corrected chi connectivity index (χ1v) is 9.19. The Morgan fingerprint density at radius 2 is 2.00 bits per heavy atom. The van der Waals surface area contributed by atoms with Gasteiger partial charge in [0.1, 0.15) is 0 Å². The second-order valence-corrected chi connectivity index (χ2v) is 7.86. The highest BCUT2D eigenvalue weighted by molar-refractivity contribution is 7.91. The van der Waals surface area contributed by atoms with E-state index in [1.165, 1.54) is 0 Å². The highest BCUT2D eigenvalue weighted by atomic mass is 32.2. The van der Waals surface area contributed by atoms with Crippen LogP contribution in [0.4, 0.5) is 0 Å². The minimum atomic E-state index is -3.22. The van der Waals surface area contributed by atoms with Gasteiger partial charge in [-0.3, -0.25) is 0 Å². The molecule has 0 unspecified atom stereocenters. The summed E-state index contributed by atoms with van der Waals surface area (Å²) >= 11 is 0. The van der Waals surface area contributed by atoms with Gasteiger partial charge < -0.3 is 5.32 Å². The SMILES string of the molecule is CCCC[C@]1(CC)CS(=O)(=O)c2ccccc2[C@@H](C)N1. The van der Waals surface area contributed by atoms with Crippen LogP contribution in [0.1, 0.15) is 58.1 Å². The van der Waals surface area contributed by atoms with E-state index in [4.69, 9.17) is 0 Å². The van der Waals surface area contributed by atoms with E-state index in [-0.39, 0.29) is 17.3 Å². The van der Waals surface area contributed by atoms with Gasteiger partial charge in [-0.15, -0.1) is 0 Å². The standard InChI is InChI=1S/C16H25NO2S/c1-4-6-11-16(5-2)12-20(18,19)15-10-8-7-9-14(15)13(3)17-16/h7-10,13,17H,4-6,11-12H2,1-3H3/t13-,16-/m1/s1. The number of hydrogen-bond donors (Lipinski definition) is 1. The predicted octanol–water partition coefficient (Wildman–Crippen LogP) is 3.46. The third kappa shape index (κ3) is 2.91. The van der Waals surface area contributed by atoms with Crippen LogP contribution >= 0.6 is 0 Å². The van der Waals surface area contributed by atoms with Gasteiger partial charge in [0.15, 0.2) is 9.84 Å². The van der Waals surface area contributed by atoms with Gasteiger partial charge in [0, 0.05) is 11.6 Å². The Labute approximate surface area is 122 Å². The molecule has 2 atom stereocenters. The van der Waals surface area contributed by atoms with E-state index in [1.54, 1.807) is 6.07 Å². The maximum Gasteiger partial charge on any atom is 0.180 e. The first-order chi connectivity index (χ1) is 9.44. The Bertz CT molecular complexity index is 568. The fourth-order valence-electron chi connectivity index (χ4n) is 3.18. The number of benzene rings is 1. The second-order valence-electron chi connectivity index (χ2n) is 5.90. The van der Waals surface area contributed by atoms with E-state index in [9.17, 15) is 8.42 Å². The normalized spacial score (nSPS) is 28.6. The van der Waals surface area contributed by atoms with Gasteiger partial charge >= 0.3 is 0 Å². The molecule has 1 aromatic rings. The zero-order chi connectivity index (χ0) is 14.8. The minimum absolute atomic E-state index is 0.0697. The first-order valence-electron chi connectivity index (χ1n) is 7.53. The Kier molecular flexibility index (Phi) is 4.55. The highest BCUT2D eigenvalue weighted by Gasteiger charge is 2.39. The summed E-state index contributed by atoms with van der Waals surface area (Å²) < 4.78 is 25.5. The molecular weight excluding hydrogens is 270 g/mol. The van der Waals surface area contributed by atoms with Crippen molar-refractivity contribution in [3.63, 3.8) is 0 Å². The maximum atomic E-state index is 12.7. The van der Waals surface area contributed by atoms with Gasteiger partial charge in [-0.1, -0.05) is 44.9 Å². The molecule has 0 aromatic heterocycles. The Morgan fingerprint density at radius 3 is 2.65 bits per heavy atom. The average molecular weight is 295 g/mol. The van der Waals surface area contributed by atoms with E-state index < -0.39 is 9.84 Å². The van der Waals surface area contributed by atoms with Crippen LogP contribution < -0.4 is 5.32 Å². The molecule has 3 nitrogen and oxygen atoms in total. The molecule has 0 saturated heterocycles. The van der Waals surface area contributed by atoms with Gasteiger partial charge in [-0.05, 0) is 31.4 Å². The number of unbranched alkanes of at least 4 members (excludes halogenated alkanes) is 1. The molecule has 1 N–H and O–H groups in total. The zero-order valence-electron chi connectivity index (χ0n) is 12.6. The summed E-state index contributed by atoms with van der Waals surface area (Å²) in [7, 11) is -3.22. The van der Waals surface area contributed by atoms with Crippen molar-refractivity contribution in [3.8, 4) is 0 Å². The monoisotopic (exact) mass is 295 g/mol. The van der Waals surface area contributed by atoms with Crippen LogP contribution in [0, 0.1) is 0 Å². The van der Waals surface area contributed by atoms with Crippen LogP contribution in [0.2, 0.25) is 0 Å². The van der Waals surface area contributed by atoms with Crippen LogP contribution in [0.5, 0.6) is 0 Å². The molecule has 0 amide bonds. The van der Waals surface area contributed by atoms with Crippen molar-refractivity contribution >= 4 is 9.84 Å². The summed E-state index contributed by atoms with van der Waals surface area (Å²) in [5, 5.41) is 3.61. The Balaban J connectivity index is 2.47. The molecule has 1 aliphatic rings. The van der Waals surface area contributed by atoms with Crippen molar-refractivity contribution in [1.29, 1.82) is 0 Å². The fraction of sp³-hybridized carbons (Fsp3) is 0.625. The number of fused-ring (bicyclic) bond motifs is 1. The molecule has 0 spiro atoms. The Morgan fingerprint density at radius 1 is 1.30 bits per heavy atom. The van der Waals surface area contributed by atoms with Crippen LogP contribution in [0.15, 0.2) is 29.2 Å². The Hall–Kier alpha value is -0.870. The van der Waals surface area contributed by atoms with Gasteiger partial charge in [0.2, 0.25) is 0 Å². The molecule has 0 saturated carbocycles. The van der Waals surface area contributed by atoms with Crippen molar-refractivity contribution in [2.75, 3.05) is 5.75 Å². The number of nitrogens with one attached hydrogen (secondary N) is 1. The third-order valence-electron chi connectivity index (χ3n) is 4.40. The molecule has 0 bridgehead atoms. The maximum absolute atomic E-state index is 12.7. The van der Waals surface area contributed by atoms with E-state index in [2.05, 4.69) is 26.1 Å². The number of hydrogen-bond acceptors (Lipinski definition) is 3. The molecule has 0 radical (unpaired) electrons. The third-order valence-corrected chi connectivity index (χ3v) is 6.37. The largest absolute Gasteiger partial charge is 0.304 e. The lowest BCUT2D eigenvalue weighted by Gasteiger charge is -2.34. The fourth-order valence-corrected chi connectivity index (χ4v) is 5.39. The van der Waals surface area contributed by atoms with E-state index in [0.29, 0.717) is 4.90 Å². The summed E-state index contributed by atoms with van der Waals surface area (Å²) in [5.74, 6) is 0.206.